The summed E-state index contributed by atoms with van der Waals surface area (Å²) in [4.78, 5) is 16.8. The van der Waals surface area contributed by atoms with Crippen LogP contribution in [-0.4, -0.2) is 24.6 Å². The highest BCUT2D eigenvalue weighted by Crippen LogP contribution is 2.30. The summed E-state index contributed by atoms with van der Waals surface area (Å²) in [5.74, 6) is 0.706. The second-order valence-corrected chi connectivity index (χ2v) is 7.16. The summed E-state index contributed by atoms with van der Waals surface area (Å²) in [7, 11) is 1.52. The molecule has 0 atom stereocenters. The second kappa shape index (κ2) is 8.55. The van der Waals surface area contributed by atoms with Gasteiger partial charge in [0.1, 0.15) is 6.07 Å². The van der Waals surface area contributed by atoms with Crippen LogP contribution in [0.15, 0.2) is 36.4 Å². The number of aryl methyl sites for hydroxylation is 2. The van der Waals surface area contributed by atoms with E-state index in [1.807, 2.05) is 19.9 Å². The maximum atomic E-state index is 12.3. The predicted octanol–water partition coefficient (Wildman–Crippen LogP) is 4.48. The van der Waals surface area contributed by atoms with Crippen LogP contribution in [0.4, 0.5) is 5.13 Å². The summed E-state index contributed by atoms with van der Waals surface area (Å²) in [6, 6.07) is 11.3. The van der Waals surface area contributed by atoms with Crippen LogP contribution in [-0.2, 0) is 4.79 Å². The van der Waals surface area contributed by atoms with Crippen molar-refractivity contribution in [1.29, 1.82) is 5.26 Å². The number of aromatic nitrogens is 1. The highest BCUT2D eigenvalue weighted by molar-refractivity contribution is 7.22. The van der Waals surface area contributed by atoms with Gasteiger partial charge in [0.25, 0.3) is 0 Å². The molecule has 7 heteroatoms. The van der Waals surface area contributed by atoms with Crippen LogP contribution in [0.3, 0.4) is 0 Å². The number of benzene rings is 2. The molecule has 0 spiro atoms. The summed E-state index contributed by atoms with van der Waals surface area (Å²) in [5, 5.41) is 12.0. The molecule has 0 saturated heterocycles. The Morgan fingerprint density at radius 3 is 2.86 bits per heavy atom. The van der Waals surface area contributed by atoms with E-state index in [1.54, 1.807) is 24.3 Å². The predicted molar refractivity (Wildman–Crippen MR) is 111 cm³/mol. The van der Waals surface area contributed by atoms with Crippen molar-refractivity contribution < 1.29 is 14.3 Å². The molecule has 2 aromatic carbocycles. The number of hydrogen-bond acceptors (Lipinski definition) is 6. The zero-order valence-corrected chi connectivity index (χ0v) is 16.6. The van der Waals surface area contributed by atoms with E-state index in [1.165, 1.54) is 30.1 Å². The molecule has 0 bridgehead atoms. The Bertz CT molecular complexity index is 1100. The number of nitriles is 1. The monoisotopic (exact) mass is 393 g/mol. The lowest BCUT2D eigenvalue weighted by Gasteiger charge is -2.08. The van der Waals surface area contributed by atoms with Crippen molar-refractivity contribution in [3.05, 3.63) is 53.1 Å². The number of ether oxygens (including phenoxy) is 2. The fourth-order valence-electron chi connectivity index (χ4n) is 2.76. The van der Waals surface area contributed by atoms with Crippen LogP contribution in [0.1, 0.15) is 16.7 Å². The minimum atomic E-state index is -0.266. The number of amides is 1. The zero-order valence-electron chi connectivity index (χ0n) is 15.8. The first-order valence-corrected chi connectivity index (χ1v) is 9.36. The molecule has 0 fully saturated rings. The van der Waals surface area contributed by atoms with Crippen molar-refractivity contribution in [2.24, 2.45) is 0 Å². The normalized spacial score (nSPS) is 10.8. The number of rotatable bonds is 6. The third-order valence-corrected chi connectivity index (χ3v) is 4.88. The summed E-state index contributed by atoms with van der Waals surface area (Å²) >= 11 is 1.45. The van der Waals surface area contributed by atoms with Gasteiger partial charge in [-0.3, -0.25) is 10.1 Å². The summed E-state index contributed by atoms with van der Waals surface area (Å²) in [6.07, 6.45) is 3.11. The highest BCUT2D eigenvalue weighted by atomic mass is 32.1. The summed E-state index contributed by atoms with van der Waals surface area (Å²) < 4.78 is 11.6. The van der Waals surface area contributed by atoms with Gasteiger partial charge in [-0.25, -0.2) is 4.98 Å². The van der Waals surface area contributed by atoms with Gasteiger partial charge in [0.05, 0.1) is 17.3 Å². The van der Waals surface area contributed by atoms with Gasteiger partial charge in [-0.05, 0) is 54.8 Å². The number of nitrogens with one attached hydrogen (secondary N) is 1. The number of nitrogens with zero attached hydrogens (tertiary/aromatic N) is 2. The Labute approximate surface area is 167 Å². The quantitative estimate of drug-likeness (QED) is 0.625. The van der Waals surface area contributed by atoms with Gasteiger partial charge in [0, 0.05) is 6.08 Å². The van der Waals surface area contributed by atoms with E-state index in [4.69, 9.17) is 14.7 Å². The first-order chi connectivity index (χ1) is 13.5. The molecular formula is C21H19N3O3S. The lowest BCUT2D eigenvalue weighted by molar-refractivity contribution is -0.111. The van der Waals surface area contributed by atoms with E-state index < -0.39 is 0 Å². The molecule has 6 nitrogen and oxygen atoms in total. The first-order valence-electron chi connectivity index (χ1n) is 8.55. The second-order valence-electron chi connectivity index (χ2n) is 6.13. The van der Waals surface area contributed by atoms with Crippen LogP contribution >= 0.6 is 11.3 Å². The molecule has 3 aromatic rings. The van der Waals surface area contributed by atoms with Crippen molar-refractivity contribution >= 4 is 38.7 Å². The molecule has 1 aromatic heterocycles. The summed E-state index contributed by atoms with van der Waals surface area (Å²) in [5.41, 5.74) is 3.94. The number of methoxy groups -OCH3 is 1. The molecule has 0 aliphatic carbocycles. The third kappa shape index (κ3) is 4.48. The standard InChI is InChI=1S/C21H19N3O3S/c1-13-10-14(2)20-18(11-13)28-21(24-20)23-19(25)7-5-15-4-6-16(27-9-8-22)17(12-15)26-3/h4-7,10-12H,9H2,1-3H3,(H,23,24,25)/b7-5+. The Balaban J connectivity index is 1.72. The first kappa shape index (κ1) is 19.4. The van der Waals surface area contributed by atoms with Gasteiger partial charge >= 0.3 is 0 Å². The molecule has 0 radical (unpaired) electrons. The average Bonchev–Trinajstić information content (AvgIpc) is 3.07. The molecular weight excluding hydrogens is 374 g/mol. The summed E-state index contributed by atoms with van der Waals surface area (Å²) in [6.45, 7) is 3.99. The fourth-order valence-corrected chi connectivity index (χ4v) is 3.81. The average molecular weight is 393 g/mol. The number of fused-ring (bicyclic) bond motifs is 1. The molecule has 0 saturated carbocycles. The minimum Gasteiger partial charge on any atom is -0.493 e. The highest BCUT2D eigenvalue weighted by Gasteiger charge is 2.09. The van der Waals surface area contributed by atoms with Crippen LogP contribution in [0.2, 0.25) is 0 Å². The van der Waals surface area contributed by atoms with Crippen molar-refractivity contribution in [1.82, 2.24) is 4.98 Å². The van der Waals surface area contributed by atoms with E-state index in [0.29, 0.717) is 16.6 Å². The molecule has 28 heavy (non-hydrogen) atoms. The van der Waals surface area contributed by atoms with Gasteiger partial charge in [-0.1, -0.05) is 23.5 Å². The van der Waals surface area contributed by atoms with E-state index in [2.05, 4.69) is 22.4 Å². The van der Waals surface area contributed by atoms with E-state index in [9.17, 15) is 4.79 Å². The van der Waals surface area contributed by atoms with E-state index in [-0.39, 0.29) is 12.5 Å². The van der Waals surface area contributed by atoms with Crippen LogP contribution in [0, 0.1) is 25.2 Å². The molecule has 1 heterocycles. The lowest BCUT2D eigenvalue weighted by atomic mass is 10.1. The number of anilines is 1. The zero-order chi connectivity index (χ0) is 20.1. The number of hydrogen-bond donors (Lipinski definition) is 1. The smallest absolute Gasteiger partial charge is 0.250 e. The van der Waals surface area contributed by atoms with E-state index in [0.717, 1.165) is 21.3 Å². The van der Waals surface area contributed by atoms with Crippen LogP contribution in [0.25, 0.3) is 16.3 Å². The molecule has 1 amide bonds. The molecule has 1 N–H and O–H groups in total. The van der Waals surface area contributed by atoms with Crippen LogP contribution < -0.4 is 14.8 Å². The minimum absolute atomic E-state index is 0.0604. The van der Waals surface area contributed by atoms with Crippen molar-refractivity contribution in [2.75, 3.05) is 19.0 Å². The van der Waals surface area contributed by atoms with Gasteiger partial charge in [-0.15, -0.1) is 0 Å². The number of carbonyl (C=O) groups is 1. The Morgan fingerprint density at radius 1 is 1.29 bits per heavy atom. The maximum Gasteiger partial charge on any atom is 0.250 e. The largest absolute Gasteiger partial charge is 0.493 e. The Kier molecular flexibility index (Phi) is 5.92. The fraction of sp³-hybridized carbons (Fsp3) is 0.190. The molecule has 3 rings (SSSR count). The molecule has 0 unspecified atom stereocenters. The Hall–Kier alpha value is -3.37. The number of thiazole rings is 1. The van der Waals surface area contributed by atoms with Gasteiger partial charge < -0.3 is 9.47 Å². The van der Waals surface area contributed by atoms with E-state index >= 15 is 0 Å². The SMILES string of the molecule is COc1cc(/C=C/C(=O)Nc2nc3c(C)cc(C)cc3s2)ccc1OCC#N. The maximum absolute atomic E-state index is 12.3. The van der Waals surface area contributed by atoms with Crippen molar-refractivity contribution in [2.45, 2.75) is 13.8 Å². The molecule has 142 valence electrons. The van der Waals surface area contributed by atoms with Crippen LogP contribution in [0.5, 0.6) is 11.5 Å². The topological polar surface area (TPSA) is 84.2 Å². The molecule has 0 aliphatic rings. The van der Waals surface area contributed by atoms with Gasteiger partial charge in [0.2, 0.25) is 5.91 Å². The number of carbonyl (C=O) groups excluding carboxylic acids is 1. The van der Waals surface area contributed by atoms with Gasteiger partial charge in [-0.2, -0.15) is 5.26 Å². The van der Waals surface area contributed by atoms with Crippen molar-refractivity contribution in [3.8, 4) is 17.6 Å². The molecule has 0 aliphatic heterocycles. The van der Waals surface area contributed by atoms with Gasteiger partial charge in [0.15, 0.2) is 23.2 Å². The third-order valence-electron chi connectivity index (χ3n) is 3.97. The van der Waals surface area contributed by atoms with Crippen molar-refractivity contribution in [3.63, 3.8) is 0 Å². The lowest BCUT2D eigenvalue weighted by Crippen LogP contribution is -2.07. The Morgan fingerprint density at radius 2 is 2.11 bits per heavy atom.